The van der Waals surface area contributed by atoms with Crippen LogP contribution < -0.4 is 0 Å². The van der Waals surface area contributed by atoms with E-state index < -0.39 is 38.4 Å². The maximum absolute atomic E-state index is 11.7. The number of rotatable bonds is 3. The lowest BCUT2D eigenvalue weighted by molar-refractivity contribution is -0.157. The summed E-state index contributed by atoms with van der Waals surface area (Å²) in [5.41, 5.74) is -2.77. The predicted octanol–water partition coefficient (Wildman–Crippen LogP) is 2.44. The molecule has 0 aliphatic rings. The molecule has 0 amide bonds. The topological polar surface area (TPSA) is 57.5 Å². The van der Waals surface area contributed by atoms with Crippen LogP contribution in [0.4, 0.5) is 26.3 Å². The maximum atomic E-state index is 11.7. The summed E-state index contributed by atoms with van der Waals surface area (Å²) >= 11 is 0. The summed E-state index contributed by atoms with van der Waals surface area (Å²) in [4.78, 5) is 16.6. The molecular weight excluding hydrogens is 253 g/mol. The van der Waals surface area contributed by atoms with Crippen molar-refractivity contribution in [3.05, 3.63) is 0 Å². The molecule has 10 heteroatoms. The van der Waals surface area contributed by atoms with Crippen molar-refractivity contribution in [1.82, 2.24) is 0 Å². The van der Waals surface area contributed by atoms with E-state index in [1.165, 1.54) is 0 Å². The van der Waals surface area contributed by atoms with Crippen LogP contribution in [-0.2, 0) is 4.57 Å². The molecule has 0 aliphatic heterocycles. The second-order valence-electron chi connectivity index (χ2n) is 2.88. The number of halogens is 6. The van der Waals surface area contributed by atoms with Gasteiger partial charge in [-0.05, 0) is 0 Å². The molecule has 0 aliphatic carbocycles. The largest absolute Gasteiger partial charge is 0.390 e. The number of hydrogen-bond acceptors (Lipinski definition) is 1. The van der Waals surface area contributed by atoms with Crippen LogP contribution in [-0.4, -0.2) is 27.8 Å². The van der Waals surface area contributed by atoms with E-state index in [1.54, 1.807) is 0 Å². The summed E-state index contributed by atoms with van der Waals surface area (Å²) < 4.78 is 80.6. The van der Waals surface area contributed by atoms with Crippen molar-refractivity contribution >= 4 is 7.60 Å². The molecule has 2 N–H and O–H groups in total. The van der Waals surface area contributed by atoms with Gasteiger partial charge >= 0.3 is 19.9 Å². The van der Waals surface area contributed by atoms with E-state index in [1.807, 2.05) is 0 Å². The molecule has 0 heterocycles. The molecule has 3 nitrogen and oxygen atoms in total. The van der Waals surface area contributed by atoms with Crippen molar-refractivity contribution in [3.63, 3.8) is 0 Å². The molecule has 0 unspecified atom stereocenters. The van der Waals surface area contributed by atoms with Gasteiger partial charge in [-0.1, -0.05) is 0 Å². The van der Waals surface area contributed by atoms with Crippen molar-refractivity contribution in [2.45, 2.75) is 30.9 Å². The molecule has 0 bridgehead atoms. The Morgan fingerprint density at radius 1 is 0.933 bits per heavy atom. The minimum Gasteiger partial charge on any atom is -0.324 e. The molecule has 0 aromatic carbocycles. The number of hydrogen-bond donors (Lipinski definition) is 2. The zero-order valence-corrected chi connectivity index (χ0v) is 7.90. The van der Waals surface area contributed by atoms with Crippen LogP contribution in [0.3, 0.4) is 0 Å². The molecule has 0 radical (unpaired) electrons. The van der Waals surface area contributed by atoms with Gasteiger partial charge < -0.3 is 9.79 Å². The van der Waals surface area contributed by atoms with Crippen LogP contribution >= 0.6 is 7.60 Å². The van der Waals surface area contributed by atoms with E-state index in [0.717, 1.165) is 0 Å². The highest BCUT2D eigenvalue weighted by atomic mass is 31.2. The molecular formula is C5H7F6O3P. The normalized spacial score (nSPS) is 14.7. The van der Waals surface area contributed by atoms with Gasteiger partial charge in [-0.15, -0.1) is 0 Å². The van der Waals surface area contributed by atoms with Gasteiger partial charge in [-0.3, -0.25) is 4.57 Å². The number of alkyl halides is 6. The second-order valence-corrected chi connectivity index (χ2v) is 4.79. The first-order chi connectivity index (χ1) is 6.31. The molecule has 0 saturated carbocycles. The Labute approximate surface area is 80.2 Å². The molecule has 0 atom stereocenters. The Bertz CT molecular complexity index is 236. The monoisotopic (exact) mass is 260 g/mol. The first-order valence-electron chi connectivity index (χ1n) is 3.50. The molecule has 0 rings (SSSR count). The predicted molar refractivity (Wildman–Crippen MR) is 37.2 cm³/mol. The standard InChI is InChI=1S/C5H7F6O3P/c6-4(7,8)1-3(15(12,13)14)2-5(9,10)11/h3H,1-2H2,(H2,12,13,14). The second kappa shape index (κ2) is 4.31. The Kier molecular flexibility index (Phi) is 4.23. The van der Waals surface area contributed by atoms with Gasteiger partial charge in [0.05, 0.1) is 18.5 Å². The summed E-state index contributed by atoms with van der Waals surface area (Å²) in [6.07, 6.45) is -14.4. The Hall–Kier alpha value is -0.270. The van der Waals surface area contributed by atoms with Crippen molar-refractivity contribution in [1.29, 1.82) is 0 Å². The van der Waals surface area contributed by atoms with Gasteiger partial charge in [0.1, 0.15) is 0 Å². The lowest BCUT2D eigenvalue weighted by Gasteiger charge is -2.20. The quantitative estimate of drug-likeness (QED) is 0.605. The smallest absolute Gasteiger partial charge is 0.324 e. The van der Waals surface area contributed by atoms with E-state index in [9.17, 15) is 30.9 Å². The van der Waals surface area contributed by atoms with Gasteiger partial charge in [0.2, 0.25) is 0 Å². The van der Waals surface area contributed by atoms with Crippen LogP contribution in [0.5, 0.6) is 0 Å². The van der Waals surface area contributed by atoms with Gasteiger partial charge in [0.15, 0.2) is 0 Å². The molecule has 0 aromatic heterocycles. The summed E-state index contributed by atoms with van der Waals surface area (Å²) in [7, 11) is -5.41. The SMILES string of the molecule is O=P(O)(O)C(CC(F)(F)F)CC(F)(F)F. The van der Waals surface area contributed by atoms with Gasteiger partial charge in [-0.2, -0.15) is 26.3 Å². The molecule has 92 valence electrons. The summed E-state index contributed by atoms with van der Waals surface area (Å²) in [5.74, 6) is 0. The lowest BCUT2D eigenvalue weighted by atomic mass is 10.2. The van der Waals surface area contributed by atoms with Crippen LogP contribution in [0.2, 0.25) is 0 Å². The molecule has 0 spiro atoms. The van der Waals surface area contributed by atoms with Gasteiger partial charge in [0, 0.05) is 0 Å². The fraction of sp³-hybridized carbons (Fsp3) is 1.00. The van der Waals surface area contributed by atoms with Gasteiger partial charge in [-0.25, -0.2) is 0 Å². The highest BCUT2D eigenvalue weighted by molar-refractivity contribution is 7.52. The van der Waals surface area contributed by atoms with Crippen LogP contribution in [0, 0.1) is 0 Å². The third-order valence-corrected chi connectivity index (χ3v) is 2.73. The fourth-order valence-corrected chi connectivity index (χ4v) is 1.73. The van der Waals surface area contributed by atoms with E-state index in [0.29, 0.717) is 0 Å². The minimum absolute atomic E-state index is 2.16. The third kappa shape index (κ3) is 7.64. The molecule has 0 aromatic rings. The summed E-state index contributed by atoms with van der Waals surface area (Å²) in [5, 5.41) is 0. The molecule has 0 fully saturated rings. The zero-order valence-electron chi connectivity index (χ0n) is 7.01. The van der Waals surface area contributed by atoms with E-state index in [-0.39, 0.29) is 0 Å². The Morgan fingerprint density at radius 3 is 1.33 bits per heavy atom. The van der Waals surface area contributed by atoms with Crippen LogP contribution in [0.1, 0.15) is 12.8 Å². The first kappa shape index (κ1) is 14.7. The van der Waals surface area contributed by atoms with Crippen molar-refractivity contribution in [2.24, 2.45) is 0 Å². The minimum atomic E-state index is -5.41. The first-order valence-corrected chi connectivity index (χ1v) is 5.18. The highest BCUT2D eigenvalue weighted by Crippen LogP contribution is 2.50. The summed E-state index contributed by atoms with van der Waals surface area (Å²) in [6.45, 7) is 0. The zero-order chi connectivity index (χ0) is 12.5. The van der Waals surface area contributed by atoms with Crippen LogP contribution in [0.15, 0.2) is 0 Å². The Morgan fingerprint density at radius 2 is 1.20 bits per heavy atom. The Balaban J connectivity index is 4.70. The highest BCUT2D eigenvalue weighted by Gasteiger charge is 2.46. The van der Waals surface area contributed by atoms with Crippen molar-refractivity contribution < 1.29 is 40.7 Å². The van der Waals surface area contributed by atoms with Crippen molar-refractivity contribution in [2.75, 3.05) is 0 Å². The summed E-state index contributed by atoms with van der Waals surface area (Å²) in [6, 6.07) is 0. The van der Waals surface area contributed by atoms with E-state index in [2.05, 4.69) is 0 Å². The van der Waals surface area contributed by atoms with E-state index >= 15 is 0 Å². The third-order valence-electron chi connectivity index (χ3n) is 1.41. The average molecular weight is 260 g/mol. The van der Waals surface area contributed by atoms with Crippen LogP contribution in [0.25, 0.3) is 0 Å². The van der Waals surface area contributed by atoms with Gasteiger partial charge in [0.25, 0.3) is 0 Å². The fourth-order valence-electron chi connectivity index (χ4n) is 0.844. The average Bonchev–Trinajstić information content (AvgIpc) is 1.75. The maximum Gasteiger partial charge on any atom is 0.390 e. The van der Waals surface area contributed by atoms with Crippen molar-refractivity contribution in [3.8, 4) is 0 Å². The lowest BCUT2D eigenvalue weighted by Crippen LogP contribution is -2.25. The molecule has 15 heavy (non-hydrogen) atoms. The van der Waals surface area contributed by atoms with E-state index in [4.69, 9.17) is 9.79 Å². The molecule has 0 saturated heterocycles.